The normalized spacial score (nSPS) is 10.9. The van der Waals surface area contributed by atoms with Gasteiger partial charge < -0.3 is 24.9 Å². The highest BCUT2D eigenvalue weighted by Crippen LogP contribution is 2.26. The Hall–Kier alpha value is -4.59. The second-order valence-electron chi connectivity index (χ2n) is 10.4. The number of para-hydroxylation sites is 1. The Bertz CT molecular complexity index is 1450. The molecule has 1 heterocycles. The van der Waals surface area contributed by atoms with E-state index in [0.717, 1.165) is 39.5 Å². The van der Waals surface area contributed by atoms with Gasteiger partial charge in [-0.2, -0.15) is 0 Å². The van der Waals surface area contributed by atoms with E-state index in [1.807, 2.05) is 93.6 Å². The number of nitrogens with zero attached hydrogens (tertiary/aromatic N) is 1. The van der Waals surface area contributed by atoms with E-state index >= 15 is 0 Å². The number of benzene rings is 3. The third kappa shape index (κ3) is 8.96. The monoisotopic (exact) mass is 555 g/mol. The number of aryl methyl sites for hydroxylation is 2. The predicted molar refractivity (Wildman–Crippen MR) is 159 cm³/mol. The van der Waals surface area contributed by atoms with Gasteiger partial charge in [-0.25, -0.2) is 4.98 Å². The molecule has 4 rings (SSSR count). The maximum absolute atomic E-state index is 12.2. The number of amides is 1. The van der Waals surface area contributed by atoms with E-state index in [9.17, 15) is 9.59 Å². The summed E-state index contributed by atoms with van der Waals surface area (Å²) in [5.74, 6) is 1.32. The first-order chi connectivity index (χ1) is 19.8. The molecule has 8 nitrogen and oxygen atoms in total. The molecule has 0 spiro atoms. The minimum atomic E-state index is -0.859. The molecule has 8 heteroatoms. The number of hydrogen-bond donors (Lipinski definition) is 3. The molecule has 41 heavy (non-hydrogen) atoms. The van der Waals surface area contributed by atoms with Crippen molar-refractivity contribution in [3.05, 3.63) is 95.4 Å². The molecule has 0 saturated carbocycles. The van der Waals surface area contributed by atoms with Gasteiger partial charge in [-0.3, -0.25) is 9.59 Å². The number of aromatic nitrogens is 1. The lowest BCUT2D eigenvalue weighted by atomic mass is 10.0. The number of oxazole rings is 1. The zero-order valence-electron chi connectivity index (χ0n) is 23.8. The van der Waals surface area contributed by atoms with E-state index < -0.39 is 5.97 Å². The number of carbonyl (C=O) groups is 2. The van der Waals surface area contributed by atoms with Crippen LogP contribution in [0.4, 0.5) is 11.4 Å². The van der Waals surface area contributed by atoms with Gasteiger partial charge in [0.2, 0.25) is 11.8 Å². The Balaban J connectivity index is 1.36. The lowest BCUT2D eigenvalue weighted by Gasteiger charge is -2.14. The second-order valence-corrected chi connectivity index (χ2v) is 10.4. The lowest BCUT2D eigenvalue weighted by Crippen LogP contribution is -2.24. The van der Waals surface area contributed by atoms with Gasteiger partial charge >= 0.3 is 5.97 Å². The van der Waals surface area contributed by atoms with Crippen molar-refractivity contribution in [2.45, 2.75) is 53.0 Å². The Morgan fingerprint density at radius 2 is 1.68 bits per heavy atom. The fourth-order valence-electron chi connectivity index (χ4n) is 4.41. The van der Waals surface area contributed by atoms with Gasteiger partial charge in [0.1, 0.15) is 11.5 Å². The molecular formula is C33H37N3O5. The predicted octanol–water partition coefficient (Wildman–Crippen LogP) is 6.69. The molecule has 0 aliphatic rings. The molecule has 0 bridgehead atoms. The third-order valence-electron chi connectivity index (χ3n) is 6.55. The minimum Gasteiger partial charge on any atom is -0.493 e. The zero-order valence-corrected chi connectivity index (χ0v) is 23.8. The number of carboxylic acid groups (broad SMARTS) is 1. The van der Waals surface area contributed by atoms with Crippen molar-refractivity contribution in [2.24, 2.45) is 5.92 Å². The zero-order chi connectivity index (χ0) is 29.2. The van der Waals surface area contributed by atoms with E-state index in [1.54, 1.807) is 0 Å². The van der Waals surface area contributed by atoms with Crippen LogP contribution in [-0.2, 0) is 29.0 Å². The quantitative estimate of drug-likeness (QED) is 0.159. The largest absolute Gasteiger partial charge is 0.493 e. The maximum atomic E-state index is 12.2. The van der Waals surface area contributed by atoms with Crippen LogP contribution in [0.5, 0.6) is 5.75 Å². The number of carbonyl (C=O) groups excluding carboxylic acids is 1. The van der Waals surface area contributed by atoms with Crippen LogP contribution in [0, 0.1) is 12.8 Å². The average molecular weight is 556 g/mol. The Kier molecular flexibility index (Phi) is 10.2. The highest BCUT2D eigenvalue weighted by Gasteiger charge is 2.13. The van der Waals surface area contributed by atoms with Crippen molar-refractivity contribution in [1.29, 1.82) is 0 Å². The number of nitrogens with one attached hydrogen (secondary N) is 2. The number of aliphatic carboxylic acids is 1. The van der Waals surface area contributed by atoms with Crippen LogP contribution >= 0.6 is 0 Å². The van der Waals surface area contributed by atoms with Gasteiger partial charge in [-0.1, -0.05) is 38.1 Å². The van der Waals surface area contributed by atoms with Gasteiger partial charge in [0.15, 0.2) is 0 Å². The standard InChI is InChI=1S/C33H37N3O5/c1-22(2)19-31(37)34-21-26-20-29(15-11-24(26)12-16-32(38)39)40-18-17-30-23(3)41-33(36-30)25-9-13-28(14-10-25)35-27-7-5-4-6-8-27/h4-11,13-15,20,22,35H,12,16-19,21H2,1-3H3,(H,34,37)(H,38,39). The van der Waals surface area contributed by atoms with Gasteiger partial charge in [-0.05, 0) is 78.9 Å². The van der Waals surface area contributed by atoms with Crippen LogP contribution < -0.4 is 15.4 Å². The number of rotatable bonds is 14. The SMILES string of the molecule is Cc1oc(-c2ccc(Nc3ccccc3)cc2)nc1CCOc1ccc(CCC(=O)O)c(CNC(=O)CC(C)C)c1. The van der Waals surface area contributed by atoms with E-state index in [0.29, 0.717) is 44.1 Å². The summed E-state index contributed by atoms with van der Waals surface area (Å²) >= 11 is 0. The number of hydrogen-bond acceptors (Lipinski definition) is 6. The maximum Gasteiger partial charge on any atom is 0.303 e. The lowest BCUT2D eigenvalue weighted by molar-refractivity contribution is -0.137. The molecule has 0 radical (unpaired) electrons. The van der Waals surface area contributed by atoms with E-state index in [-0.39, 0.29) is 18.2 Å². The summed E-state index contributed by atoms with van der Waals surface area (Å²) in [6.07, 6.45) is 1.40. The van der Waals surface area contributed by atoms with Crippen LogP contribution in [0.1, 0.15) is 49.3 Å². The smallest absolute Gasteiger partial charge is 0.303 e. The van der Waals surface area contributed by atoms with Crippen molar-refractivity contribution >= 4 is 23.3 Å². The van der Waals surface area contributed by atoms with Gasteiger partial charge in [0.25, 0.3) is 0 Å². The molecule has 214 valence electrons. The minimum absolute atomic E-state index is 0.0210. The summed E-state index contributed by atoms with van der Waals surface area (Å²) in [5, 5.41) is 15.4. The second kappa shape index (κ2) is 14.2. The van der Waals surface area contributed by atoms with Crippen molar-refractivity contribution in [1.82, 2.24) is 10.3 Å². The number of anilines is 2. The first-order valence-corrected chi connectivity index (χ1v) is 13.9. The molecule has 0 saturated heterocycles. The Morgan fingerprint density at radius 1 is 0.951 bits per heavy atom. The Labute approximate surface area is 240 Å². The number of carboxylic acids is 1. The topological polar surface area (TPSA) is 114 Å². The molecule has 4 aromatic rings. The van der Waals surface area contributed by atoms with Crippen molar-refractivity contribution in [3.8, 4) is 17.2 Å². The fourth-order valence-corrected chi connectivity index (χ4v) is 4.41. The molecule has 3 N–H and O–H groups in total. The first-order valence-electron chi connectivity index (χ1n) is 13.9. The van der Waals surface area contributed by atoms with Crippen molar-refractivity contribution in [3.63, 3.8) is 0 Å². The molecule has 0 fully saturated rings. The Morgan fingerprint density at radius 3 is 2.39 bits per heavy atom. The molecular weight excluding hydrogens is 518 g/mol. The van der Waals surface area contributed by atoms with Gasteiger partial charge in [0.05, 0.1) is 12.3 Å². The summed E-state index contributed by atoms with van der Waals surface area (Å²) < 4.78 is 12.0. The van der Waals surface area contributed by atoms with Crippen LogP contribution in [0.3, 0.4) is 0 Å². The molecule has 1 amide bonds. The molecule has 3 aromatic carbocycles. The fraction of sp³-hybridized carbons (Fsp3) is 0.303. The van der Waals surface area contributed by atoms with Gasteiger partial charge in [-0.15, -0.1) is 0 Å². The van der Waals surface area contributed by atoms with E-state index in [2.05, 4.69) is 10.6 Å². The van der Waals surface area contributed by atoms with Crippen LogP contribution in [0.15, 0.2) is 77.2 Å². The summed E-state index contributed by atoms with van der Waals surface area (Å²) in [4.78, 5) is 28.0. The van der Waals surface area contributed by atoms with E-state index in [4.69, 9.17) is 19.2 Å². The van der Waals surface area contributed by atoms with Crippen LogP contribution in [0.25, 0.3) is 11.5 Å². The number of ether oxygens (including phenoxy) is 1. The average Bonchev–Trinajstić information content (AvgIpc) is 3.32. The first kappa shape index (κ1) is 29.4. The highest BCUT2D eigenvalue weighted by atomic mass is 16.5. The molecule has 0 unspecified atom stereocenters. The van der Waals surface area contributed by atoms with Crippen LogP contribution in [0.2, 0.25) is 0 Å². The van der Waals surface area contributed by atoms with Crippen LogP contribution in [-0.4, -0.2) is 28.6 Å². The van der Waals surface area contributed by atoms with Crippen molar-refractivity contribution < 1.29 is 23.8 Å². The molecule has 0 atom stereocenters. The van der Waals surface area contributed by atoms with Gasteiger partial charge in [0, 0.05) is 42.7 Å². The van der Waals surface area contributed by atoms with E-state index in [1.165, 1.54) is 0 Å². The molecule has 0 aliphatic heterocycles. The molecule has 1 aromatic heterocycles. The highest BCUT2D eigenvalue weighted by molar-refractivity contribution is 5.76. The van der Waals surface area contributed by atoms with Crippen molar-refractivity contribution in [2.75, 3.05) is 11.9 Å². The molecule has 0 aliphatic carbocycles. The third-order valence-corrected chi connectivity index (χ3v) is 6.55. The summed E-state index contributed by atoms with van der Waals surface area (Å²) in [6, 6.07) is 23.5. The summed E-state index contributed by atoms with van der Waals surface area (Å²) in [5.41, 5.74) is 5.44. The summed E-state index contributed by atoms with van der Waals surface area (Å²) in [7, 11) is 0. The summed E-state index contributed by atoms with van der Waals surface area (Å²) in [6.45, 7) is 6.59.